The topological polar surface area (TPSA) is 38.1 Å². The fraction of sp³-hybridized carbons (Fsp3) is 0.692. The third-order valence-electron chi connectivity index (χ3n) is 3.12. The average molecular weight is 237 g/mol. The molecule has 0 aliphatic rings. The Hall–Kier alpha value is -1.32. The van der Waals surface area contributed by atoms with Crippen LogP contribution in [0.1, 0.15) is 43.6 Å². The van der Waals surface area contributed by atoms with Gasteiger partial charge >= 0.3 is 0 Å². The first kappa shape index (κ1) is 13.7. The molecule has 1 rings (SSSR count). The van der Waals surface area contributed by atoms with E-state index >= 15 is 0 Å². The van der Waals surface area contributed by atoms with Gasteiger partial charge in [-0.15, -0.1) is 0 Å². The van der Waals surface area contributed by atoms with Crippen LogP contribution >= 0.6 is 0 Å². The summed E-state index contributed by atoms with van der Waals surface area (Å²) in [6, 6.07) is 0. The van der Waals surface area contributed by atoms with Gasteiger partial charge in [-0.25, -0.2) is 0 Å². The van der Waals surface area contributed by atoms with Crippen LogP contribution in [0.5, 0.6) is 0 Å². The molecule has 0 saturated heterocycles. The van der Waals surface area contributed by atoms with Crippen molar-refractivity contribution in [2.75, 3.05) is 7.05 Å². The molecule has 1 aromatic rings. The van der Waals surface area contributed by atoms with E-state index in [1.54, 1.807) is 4.90 Å². The van der Waals surface area contributed by atoms with Gasteiger partial charge in [-0.3, -0.25) is 9.48 Å². The van der Waals surface area contributed by atoms with Gasteiger partial charge in [0, 0.05) is 37.8 Å². The van der Waals surface area contributed by atoms with Gasteiger partial charge in [-0.05, 0) is 27.2 Å². The van der Waals surface area contributed by atoms with Gasteiger partial charge in [0.05, 0.1) is 5.69 Å². The van der Waals surface area contributed by atoms with E-state index in [1.165, 1.54) is 11.3 Å². The zero-order valence-corrected chi connectivity index (χ0v) is 11.6. The normalized spacial score (nSPS) is 10.6. The summed E-state index contributed by atoms with van der Waals surface area (Å²) in [5.41, 5.74) is 3.38. The predicted molar refractivity (Wildman–Crippen MR) is 68.8 cm³/mol. The van der Waals surface area contributed by atoms with Crippen LogP contribution in [-0.2, 0) is 17.9 Å². The van der Waals surface area contributed by atoms with E-state index in [2.05, 4.69) is 18.9 Å². The summed E-state index contributed by atoms with van der Waals surface area (Å²) in [7, 11) is 1.86. The van der Waals surface area contributed by atoms with Crippen LogP contribution < -0.4 is 0 Å². The summed E-state index contributed by atoms with van der Waals surface area (Å²) in [5.74, 6) is 0.204. The fourth-order valence-electron chi connectivity index (χ4n) is 2.00. The summed E-state index contributed by atoms with van der Waals surface area (Å²) in [4.78, 5) is 13.5. The number of amides is 1. The molecule has 4 heteroatoms. The molecule has 0 N–H and O–H groups in total. The Labute approximate surface area is 104 Å². The van der Waals surface area contributed by atoms with E-state index in [0.717, 1.165) is 18.7 Å². The van der Waals surface area contributed by atoms with Gasteiger partial charge in [0.25, 0.3) is 0 Å². The Morgan fingerprint density at radius 1 is 1.35 bits per heavy atom. The van der Waals surface area contributed by atoms with Gasteiger partial charge < -0.3 is 4.90 Å². The van der Waals surface area contributed by atoms with Crippen LogP contribution in [0.15, 0.2) is 0 Å². The Morgan fingerprint density at radius 2 is 2.00 bits per heavy atom. The first-order valence-electron chi connectivity index (χ1n) is 6.28. The van der Waals surface area contributed by atoms with Crippen molar-refractivity contribution in [1.29, 1.82) is 0 Å². The third kappa shape index (κ3) is 3.08. The van der Waals surface area contributed by atoms with Crippen LogP contribution in [0, 0.1) is 13.8 Å². The largest absolute Gasteiger partial charge is 0.341 e. The highest BCUT2D eigenvalue weighted by Gasteiger charge is 2.15. The Bertz CT molecular complexity index is 396. The van der Waals surface area contributed by atoms with E-state index in [-0.39, 0.29) is 5.91 Å². The smallest absolute Gasteiger partial charge is 0.222 e. The number of aryl methyl sites for hydroxylation is 2. The van der Waals surface area contributed by atoms with E-state index in [9.17, 15) is 4.79 Å². The maximum absolute atomic E-state index is 11.7. The molecule has 4 nitrogen and oxygen atoms in total. The molecule has 0 aromatic carbocycles. The van der Waals surface area contributed by atoms with Crippen molar-refractivity contribution in [2.24, 2.45) is 0 Å². The van der Waals surface area contributed by atoms with Gasteiger partial charge in [0.15, 0.2) is 0 Å². The molecule has 1 heterocycles. The van der Waals surface area contributed by atoms with Crippen molar-refractivity contribution in [3.8, 4) is 0 Å². The molecule has 96 valence electrons. The van der Waals surface area contributed by atoms with E-state index in [1.807, 2.05) is 25.6 Å². The number of hydrogen-bond acceptors (Lipinski definition) is 2. The minimum atomic E-state index is 0.204. The van der Waals surface area contributed by atoms with Crippen molar-refractivity contribution in [3.05, 3.63) is 17.0 Å². The quantitative estimate of drug-likeness (QED) is 0.788. The fourth-order valence-corrected chi connectivity index (χ4v) is 2.00. The lowest BCUT2D eigenvalue weighted by Gasteiger charge is -2.17. The van der Waals surface area contributed by atoms with Crippen molar-refractivity contribution in [1.82, 2.24) is 14.7 Å². The van der Waals surface area contributed by atoms with E-state index in [0.29, 0.717) is 13.0 Å². The molecule has 1 aromatic heterocycles. The van der Waals surface area contributed by atoms with Gasteiger partial charge in [-0.1, -0.05) is 6.92 Å². The Balaban J connectivity index is 2.81. The minimum absolute atomic E-state index is 0.204. The second-order valence-electron chi connectivity index (χ2n) is 4.46. The molecule has 0 fully saturated rings. The monoisotopic (exact) mass is 237 g/mol. The highest BCUT2D eigenvalue weighted by atomic mass is 16.2. The standard InChI is InChI=1S/C13H23N3O/c1-6-8-13(17)15(5)9-12-10(3)14-16(7-2)11(12)4/h6-9H2,1-5H3. The van der Waals surface area contributed by atoms with Gasteiger partial charge in [-0.2, -0.15) is 5.10 Å². The van der Waals surface area contributed by atoms with Crippen molar-refractivity contribution < 1.29 is 4.79 Å². The zero-order chi connectivity index (χ0) is 13.0. The molecule has 0 atom stereocenters. The third-order valence-corrected chi connectivity index (χ3v) is 3.12. The summed E-state index contributed by atoms with van der Waals surface area (Å²) in [5, 5.41) is 4.47. The maximum atomic E-state index is 11.7. The molecule has 0 radical (unpaired) electrons. The van der Waals surface area contributed by atoms with Crippen LogP contribution in [0.4, 0.5) is 0 Å². The molecule has 0 aliphatic carbocycles. The maximum Gasteiger partial charge on any atom is 0.222 e. The lowest BCUT2D eigenvalue weighted by atomic mass is 10.2. The zero-order valence-electron chi connectivity index (χ0n) is 11.6. The number of carbonyl (C=O) groups is 1. The van der Waals surface area contributed by atoms with Crippen LogP contribution in [0.25, 0.3) is 0 Å². The van der Waals surface area contributed by atoms with Crippen LogP contribution in [0.2, 0.25) is 0 Å². The SMILES string of the molecule is CCCC(=O)N(C)Cc1c(C)nn(CC)c1C. The highest BCUT2D eigenvalue weighted by Crippen LogP contribution is 2.15. The number of hydrogen-bond donors (Lipinski definition) is 0. The van der Waals surface area contributed by atoms with Crippen molar-refractivity contribution in [2.45, 2.75) is 53.6 Å². The lowest BCUT2D eigenvalue weighted by Crippen LogP contribution is -2.26. The minimum Gasteiger partial charge on any atom is -0.341 e. The molecule has 0 saturated carbocycles. The highest BCUT2D eigenvalue weighted by molar-refractivity contribution is 5.75. The van der Waals surface area contributed by atoms with Gasteiger partial charge in [0.1, 0.15) is 0 Å². The number of aromatic nitrogens is 2. The Kier molecular flexibility index (Phi) is 4.73. The summed E-state index contributed by atoms with van der Waals surface area (Å²) < 4.78 is 1.99. The molecular weight excluding hydrogens is 214 g/mol. The summed E-state index contributed by atoms with van der Waals surface area (Å²) >= 11 is 0. The Morgan fingerprint density at radius 3 is 2.47 bits per heavy atom. The van der Waals surface area contributed by atoms with Crippen molar-refractivity contribution in [3.63, 3.8) is 0 Å². The molecule has 0 spiro atoms. The molecule has 17 heavy (non-hydrogen) atoms. The average Bonchev–Trinajstić information content (AvgIpc) is 2.56. The summed E-state index contributed by atoms with van der Waals surface area (Å²) in [6.45, 7) is 9.71. The number of nitrogens with zero attached hydrogens (tertiary/aromatic N) is 3. The number of carbonyl (C=O) groups excluding carboxylic acids is 1. The molecule has 0 aliphatic heterocycles. The van der Waals surface area contributed by atoms with Crippen LogP contribution in [-0.4, -0.2) is 27.6 Å². The first-order chi connectivity index (χ1) is 8.01. The van der Waals surface area contributed by atoms with Gasteiger partial charge in [0.2, 0.25) is 5.91 Å². The molecule has 0 unspecified atom stereocenters. The second kappa shape index (κ2) is 5.84. The number of rotatable bonds is 5. The molecular formula is C13H23N3O. The second-order valence-corrected chi connectivity index (χ2v) is 4.46. The van der Waals surface area contributed by atoms with Crippen molar-refractivity contribution >= 4 is 5.91 Å². The van der Waals surface area contributed by atoms with E-state index in [4.69, 9.17) is 0 Å². The molecule has 0 bridgehead atoms. The summed E-state index contributed by atoms with van der Waals surface area (Å²) in [6.07, 6.45) is 1.52. The predicted octanol–water partition coefficient (Wildman–Crippen LogP) is 2.28. The van der Waals surface area contributed by atoms with Crippen LogP contribution in [0.3, 0.4) is 0 Å². The molecule has 1 amide bonds. The lowest BCUT2D eigenvalue weighted by molar-refractivity contribution is -0.130. The van der Waals surface area contributed by atoms with E-state index < -0.39 is 0 Å². The first-order valence-corrected chi connectivity index (χ1v) is 6.28.